The Kier molecular flexibility index (Phi) is 10.9. The van der Waals surface area contributed by atoms with Crippen LogP contribution >= 0.6 is 9.24 Å². The summed E-state index contributed by atoms with van der Waals surface area (Å²) in [6, 6.07) is 15.5. The van der Waals surface area contributed by atoms with Gasteiger partial charge in [0.15, 0.2) is 0 Å². The van der Waals surface area contributed by atoms with Crippen molar-refractivity contribution >= 4 is 43.1 Å². The third-order valence-electron chi connectivity index (χ3n) is 7.90. The van der Waals surface area contributed by atoms with Crippen LogP contribution in [0.1, 0.15) is 38.3 Å². The Morgan fingerprint density at radius 2 is 1.65 bits per heavy atom. The number of amides is 1. The molecule has 4 aromatic rings. The van der Waals surface area contributed by atoms with Crippen LogP contribution in [0.3, 0.4) is 0 Å². The molecule has 0 bridgehead atoms. The third kappa shape index (κ3) is 8.14. The van der Waals surface area contributed by atoms with Crippen LogP contribution in [0.25, 0.3) is 10.9 Å². The number of hydrogen-bond donors (Lipinski definition) is 2. The first-order chi connectivity index (χ1) is 21.8. The average molecular weight is 652 g/mol. The lowest BCUT2D eigenvalue weighted by atomic mass is 10.0. The molecular weight excluding hydrogens is 618 g/mol. The van der Waals surface area contributed by atoms with Crippen molar-refractivity contribution < 1.29 is 22.9 Å². The predicted octanol–water partition coefficient (Wildman–Crippen LogP) is 6.27. The highest BCUT2D eigenvalue weighted by Gasteiger charge is 2.33. The van der Waals surface area contributed by atoms with E-state index in [2.05, 4.69) is 15.2 Å². The highest BCUT2D eigenvalue weighted by Crippen LogP contribution is 2.34. The number of nitrogens with zero attached hydrogens (tertiary/aromatic N) is 5. The number of carbonyl (C=O) groups excluding carboxylic acids is 1. The molecule has 14 heteroatoms. The number of nitrogens with one attached hydrogen (secondary N) is 1. The summed E-state index contributed by atoms with van der Waals surface area (Å²) >= 11 is 0. The first-order valence-corrected chi connectivity index (χ1v) is 14.8. The largest absolute Gasteiger partial charge is 0.416 e. The normalized spacial score (nSPS) is 13.8. The van der Waals surface area contributed by atoms with Crippen molar-refractivity contribution in [1.29, 1.82) is 5.26 Å². The van der Waals surface area contributed by atoms with Crippen molar-refractivity contribution in [3.8, 4) is 5.81 Å². The fourth-order valence-corrected chi connectivity index (χ4v) is 5.30. The van der Waals surface area contributed by atoms with Crippen molar-refractivity contribution in [2.45, 2.75) is 33.1 Å². The van der Waals surface area contributed by atoms with Crippen LogP contribution in [0.4, 0.5) is 30.2 Å². The zero-order chi connectivity index (χ0) is 33.6. The summed E-state index contributed by atoms with van der Waals surface area (Å²) in [5, 5.41) is 22.5. The summed E-state index contributed by atoms with van der Waals surface area (Å²) < 4.78 is 39.2. The minimum absolute atomic E-state index is 0.173. The van der Waals surface area contributed by atoms with E-state index in [1.54, 1.807) is 17.9 Å². The number of pyridine rings is 1. The molecule has 3 N–H and O–H groups in total. The topological polar surface area (TPSA) is 141 Å². The van der Waals surface area contributed by atoms with Gasteiger partial charge in [0, 0.05) is 78.9 Å². The number of nitriles is 1. The van der Waals surface area contributed by atoms with Crippen LogP contribution in [0, 0.1) is 35.0 Å². The number of aryl methyl sites for hydroxylation is 1. The van der Waals surface area contributed by atoms with Gasteiger partial charge in [-0.2, -0.15) is 18.4 Å². The lowest BCUT2D eigenvalue weighted by Crippen LogP contribution is -2.45. The Hall–Kier alpha value is -4.63. The molecule has 1 fully saturated rings. The highest BCUT2D eigenvalue weighted by atomic mass is 31.0. The molecule has 0 saturated carbocycles. The lowest BCUT2D eigenvalue weighted by Gasteiger charge is -2.35. The van der Waals surface area contributed by atoms with E-state index in [-0.39, 0.29) is 18.0 Å². The minimum atomic E-state index is -4.65. The minimum Gasteiger partial charge on any atom is -0.398 e. The number of nitro groups is 1. The molecule has 1 aromatic heterocycles. The molecule has 0 aliphatic carbocycles. The number of anilines is 2. The van der Waals surface area contributed by atoms with Gasteiger partial charge in [-0.05, 0) is 64.5 Å². The molecule has 0 radical (unpaired) electrons. The van der Waals surface area contributed by atoms with Gasteiger partial charge >= 0.3 is 6.18 Å². The molecule has 1 aliphatic rings. The van der Waals surface area contributed by atoms with Crippen LogP contribution < -0.4 is 11.1 Å². The number of piperazine rings is 1. The molecule has 10 nitrogen and oxygen atoms in total. The molecule has 1 unspecified atom stereocenters. The molecule has 3 aromatic carbocycles. The molecule has 1 aliphatic heterocycles. The number of nitrogens with two attached hydrogens (primary N) is 1. The summed E-state index contributed by atoms with van der Waals surface area (Å²) in [7, 11) is 1.88. The van der Waals surface area contributed by atoms with Gasteiger partial charge in [0.05, 0.1) is 21.8 Å². The second kappa shape index (κ2) is 14.6. The summed E-state index contributed by atoms with van der Waals surface area (Å²) in [6.45, 7) is 6.90. The number of carbonyl (C=O) groups is 1. The molecule has 2 heterocycles. The summed E-state index contributed by atoms with van der Waals surface area (Å²) in [6.07, 6.45) is -4.65. The van der Waals surface area contributed by atoms with Crippen LogP contribution in [0.2, 0.25) is 0 Å². The van der Waals surface area contributed by atoms with Gasteiger partial charge in [0.25, 0.3) is 11.6 Å². The molecule has 1 amide bonds. The quantitative estimate of drug-likeness (QED) is 0.135. The Balaban J connectivity index is 0.00000154. The van der Waals surface area contributed by atoms with Gasteiger partial charge in [0.2, 0.25) is 0 Å². The standard InChI is InChI=1S/C31H31F3N6O3.CH2NP/c1-19-20(2)36-27-10-9-24(16-26(27)29(19)35)37-30(41)25-6-4-3-5-21(25)17-38-11-13-39(14-12-38)18-22-7-8-23(31(32,33)34)15-28(22)40(42)43;2-1-3/h3-10,15-16H,11-14,17-18H2,1-2H3,(H2,35,36)(H,37,41);3H2. The van der Waals surface area contributed by atoms with E-state index >= 15 is 0 Å². The maximum Gasteiger partial charge on any atom is 0.416 e. The van der Waals surface area contributed by atoms with Gasteiger partial charge in [0.1, 0.15) is 0 Å². The molecule has 1 saturated heterocycles. The molecule has 240 valence electrons. The number of nitrogen functional groups attached to an aromatic ring is 1. The summed E-state index contributed by atoms with van der Waals surface area (Å²) in [5.74, 6) is 1.42. The van der Waals surface area contributed by atoms with E-state index in [1.807, 2.05) is 58.3 Å². The van der Waals surface area contributed by atoms with Crippen LogP contribution in [-0.4, -0.2) is 51.8 Å². The van der Waals surface area contributed by atoms with Crippen molar-refractivity contribution in [3.63, 3.8) is 0 Å². The second-order valence-electron chi connectivity index (χ2n) is 10.9. The fraction of sp³-hybridized carbons (Fsp3) is 0.281. The van der Waals surface area contributed by atoms with E-state index < -0.39 is 22.4 Å². The predicted molar refractivity (Wildman–Crippen MR) is 174 cm³/mol. The number of alkyl halides is 3. The maximum atomic E-state index is 13.3. The third-order valence-corrected chi connectivity index (χ3v) is 7.90. The lowest BCUT2D eigenvalue weighted by molar-refractivity contribution is -0.386. The van der Waals surface area contributed by atoms with Gasteiger partial charge in [-0.15, -0.1) is 0 Å². The van der Waals surface area contributed by atoms with Gasteiger partial charge in [-0.25, -0.2) is 0 Å². The Morgan fingerprint density at radius 3 is 2.26 bits per heavy atom. The van der Waals surface area contributed by atoms with E-state index in [9.17, 15) is 28.1 Å². The first-order valence-electron chi connectivity index (χ1n) is 14.3. The fourth-order valence-electron chi connectivity index (χ4n) is 5.30. The van der Waals surface area contributed by atoms with Gasteiger partial charge in [-0.1, -0.05) is 24.3 Å². The number of rotatable bonds is 7. The molecule has 5 rings (SSSR count). The average Bonchev–Trinajstić information content (AvgIpc) is 3.01. The maximum absolute atomic E-state index is 13.3. The molecular formula is C32H33F3N7O3P. The summed E-state index contributed by atoms with van der Waals surface area (Å²) in [4.78, 5) is 32.8. The van der Waals surface area contributed by atoms with Crippen LogP contribution in [0.5, 0.6) is 0 Å². The van der Waals surface area contributed by atoms with Crippen molar-refractivity contribution in [1.82, 2.24) is 14.8 Å². The molecule has 1 atom stereocenters. The zero-order valence-electron chi connectivity index (χ0n) is 25.3. The van der Waals surface area contributed by atoms with Crippen molar-refractivity contribution in [2.24, 2.45) is 0 Å². The van der Waals surface area contributed by atoms with Crippen molar-refractivity contribution in [2.75, 3.05) is 37.2 Å². The smallest absolute Gasteiger partial charge is 0.398 e. The number of benzene rings is 3. The first kappa shape index (κ1) is 34.2. The van der Waals surface area contributed by atoms with Gasteiger partial charge in [-0.3, -0.25) is 29.7 Å². The number of halogens is 3. The number of fused-ring (bicyclic) bond motifs is 1. The zero-order valence-corrected chi connectivity index (χ0v) is 26.4. The van der Waals surface area contributed by atoms with E-state index in [1.165, 1.54) is 6.07 Å². The monoisotopic (exact) mass is 651 g/mol. The second-order valence-corrected chi connectivity index (χ2v) is 11.1. The summed E-state index contributed by atoms with van der Waals surface area (Å²) in [5.41, 5.74) is 10.1. The number of nitro benzene ring substituents is 1. The Morgan fingerprint density at radius 1 is 1.04 bits per heavy atom. The van der Waals surface area contributed by atoms with E-state index in [4.69, 9.17) is 11.0 Å². The van der Waals surface area contributed by atoms with Crippen LogP contribution in [0.15, 0.2) is 60.7 Å². The Labute approximate surface area is 266 Å². The highest BCUT2D eigenvalue weighted by molar-refractivity contribution is 7.23. The SMILES string of the molecule is Cc1nc2ccc(NC(=O)c3ccccc3CN3CCN(Cc4ccc(C(F)(F)F)cc4[N+](=O)[O-])CC3)cc2c(N)c1C.N#CP. The van der Waals surface area contributed by atoms with Crippen molar-refractivity contribution in [3.05, 3.63) is 104 Å². The van der Waals surface area contributed by atoms with Gasteiger partial charge < -0.3 is 11.1 Å². The molecule has 46 heavy (non-hydrogen) atoms. The Bertz CT molecular complexity index is 1800. The molecule has 0 spiro atoms. The number of hydrogen-bond acceptors (Lipinski definition) is 8. The van der Waals surface area contributed by atoms with E-state index in [0.717, 1.165) is 33.8 Å². The van der Waals surface area contributed by atoms with Crippen LogP contribution in [-0.2, 0) is 19.3 Å². The number of aromatic nitrogens is 1. The van der Waals surface area contributed by atoms with E-state index in [0.29, 0.717) is 55.7 Å².